The van der Waals surface area contributed by atoms with Gasteiger partial charge in [0, 0.05) is 16.6 Å². The van der Waals surface area contributed by atoms with Crippen LogP contribution in [0.15, 0.2) is 30.6 Å². The van der Waals surface area contributed by atoms with Crippen molar-refractivity contribution in [2.45, 2.75) is 26.9 Å². The van der Waals surface area contributed by atoms with Crippen LogP contribution in [0.25, 0.3) is 0 Å². The van der Waals surface area contributed by atoms with Gasteiger partial charge in [0.2, 0.25) is 5.78 Å². The molecule has 0 aliphatic heterocycles. The molecule has 4 heteroatoms. The molecule has 0 spiro atoms. The van der Waals surface area contributed by atoms with Gasteiger partial charge >= 0.3 is 0 Å². The van der Waals surface area contributed by atoms with Crippen molar-refractivity contribution < 1.29 is 9.53 Å². The lowest BCUT2D eigenvalue weighted by molar-refractivity contribution is 0.104. The van der Waals surface area contributed by atoms with Crippen LogP contribution in [-0.2, 0) is 0 Å². The summed E-state index contributed by atoms with van der Waals surface area (Å²) in [5.74, 6) is 0.624. The zero-order valence-electron chi connectivity index (χ0n) is 10.6. The second-order valence-corrected chi connectivity index (χ2v) is 5.60. The molecule has 3 nitrogen and oxygen atoms in total. The molecule has 0 radical (unpaired) electrons. The molecule has 0 bridgehead atoms. The number of carbonyl (C=O) groups is 1. The second kappa shape index (κ2) is 5.31. The summed E-state index contributed by atoms with van der Waals surface area (Å²) < 4.78 is 5.53. The molecule has 2 aromatic rings. The Morgan fingerprint density at radius 3 is 2.72 bits per heavy atom. The quantitative estimate of drug-likeness (QED) is 0.791. The standard InChI is InChI=1S/C14H15NO2S/c1-9(2)17-12-6-11(7-15-8-12)14(16)13-5-4-10(3)18-13/h4-9H,1-3H3. The van der Waals surface area contributed by atoms with Crippen LogP contribution >= 0.6 is 11.3 Å². The van der Waals surface area contributed by atoms with Crippen molar-refractivity contribution >= 4 is 17.1 Å². The predicted octanol–water partition coefficient (Wildman–Crippen LogP) is 3.47. The first kappa shape index (κ1) is 12.8. The number of hydrogen-bond donors (Lipinski definition) is 0. The Hall–Kier alpha value is -1.68. The number of hydrogen-bond acceptors (Lipinski definition) is 4. The molecule has 2 heterocycles. The predicted molar refractivity (Wildman–Crippen MR) is 72.5 cm³/mol. The lowest BCUT2D eigenvalue weighted by atomic mass is 10.1. The lowest BCUT2D eigenvalue weighted by Gasteiger charge is -2.09. The summed E-state index contributed by atoms with van der Waals surface area (Å²) in [7, 11) is 0. The third-order valence-electron chi connectivity index (χ3n) is 2.31. The highest BCUT2D eigenvalue weighted by Crippen LogP contribution is 2.21. The van der Waals surface area contributed by atoms with Crippen molar-refractivity contribution in [2.75, 3.05) is 0 Å². The van der Waals surface area contributed by atoms with Gasteiger partial charge in [0.25, 0.3) is 0 Å². The second-order valence-electron chi connectivity index (χ2n) is 4.32. The van der Waals surface area contributed by atoms with E-state index in [1.165, 1.54) is 11.3 Å². The number of carbonyl (C=O) groups excluding carboxylic acids is 1. The minimum atomic E-state index is -0.00481. The molecule has 0 aromatic carbocycles. The van der Waals surface area contributed by atoms with E-state index in [0.717, 1.165) is 9.75 Å². The van der Waals surface area contributed by atoms with Gasteiger partial charge < -0.3 is 4.74 Å². The molecular weight excluding hydrogens is 246 g/mol. The highest BCUT2D eigenvalue weighted by atomic mass is 32.1. The first-order valence-corrected chi connectivity index (χ1v) is 6.61. The molecule has 0 saturated heterocycles. The van der Waals surface area contributed by atoms with Gasteiger partial charge in [0.1, 0.15) is 5.75 Å². The Morgan fingerprint density at radius 2 is 2.11 bits per heavy atom. The van der Waals surface area contributed by atoms with Crippen LogP contribution in [0.1, 0.15) is 34.0 Å². The van der Waals surface area contributed by atoms with Crippen LogP contribution in [-0.4, -0.2) is 16.9 Å². The van der Waals surface area contributed by atoms with Gasteiger partial charge in [0.05, 0.1) is 17.2 Å². The molecule has 0 aliphatic rings. The van der Waals surface area contributed by atoms with Crippen LogP contribution in [0.4, 0.5) is 0 Å². The lowest BCUT2D eigenvalue weighted by Crippen LogP contribution is -2.07. The van der Waals surface area contributed by atoms with E-state index < -0.39 is 0 Å². The highest BCUT2D eigenvalue weighted by Gasteiger charge is 2.12. The molecule has 0 amide bonds. The Labute approximate surface area is 110 Å². The van der Waals surface area contributed by atoms with Gasteiger partial charge in [0.15, 0.2) is 0 Å². The van der Waals surface area contributed by atoms with E-state index in [-0.39, 0.29) is 11.9 Å². The topological polar surface area (TPSA) is 39.2 Å². The van der Waals surface area contributed by atoms with Gasteiger partial charge in [-0.15, -0.1) is 11.3 Å². The minimum absolute atomic E-state index is 0.00481. The largest absolute Gasteiger partial charge is 0.489 e. The minimum Gasteiger partial charge on any atom is -0.489 e. The average Bonchev–Trinajstić information content (AvgIpc) is 2.74. The number of nitrogens with zero attached hydrogens (tertiary/aromatic N) is 1. The van der Waals surface area contributed by atoms with E-state index in [1.54, 1.807) is 18.5 Å². The van der Waals surface area contributed by atoms with Crippen LogP contribution in [0.3, 0.4) is 0 Å². The SMILES string of the molecule is Cc1ccc(C(=O)c2cncc(OC(C)C)c2)s1. The fourth-order valence-electron chi connectivity index (χ4n) is 1.58. The van der Waals surface area contributed by atoms with E-state index in [9.17, 15) is 4.79 Å². The zero-order valence-corrected chi connectivity index (χ0v) is 11.5. The summed E-state index contributed by atoms with van der Waals surface area (Å²) in [6.45, 7) is 5.87. The average molecular weight is 261 g/mol. The number of ketones is 1. The third-order valence-corrected chi connectivity index (χ3v) is 3.31. The Kier molecular flexibility index (Phi) is 3.77. The molecule has 0 N–H and O–H groups in total. The maximum absolute atomic E-state index is 12.2. The molecule has 0 unspecified atom stereocenters. The molecule has 0 fully saturated rings. The van der Waals surface area contributed by atoms with Crippen LogP contribution in [0.5, 0.6) is 5.75 Å². The molecule has 18 heavy (non-hydrogen) atoms. The fourth-order valence-corrected chi connectivity index (χ4v) is 2.41. The van der Waals surface area contributed by atoms with Gasteiger partial charge in [-0.05, 0) is 39.0 Å². The number of aryl methyl sites for hydroxylation is 1. The summed E-state index contributed by atoms with van der Waals surface area (Å²) in [5.41, 5.74) is 0.565. The molecule has 0 saturated carbocycles. The fraction of sp³-hybridized carbons (Fsp3) is 0.286. The Balaban J connectivity index is 2.25. The summed E-state index contributed by atoms with van der Waals surface area (Å²) >= 11 is 1.49. The zero-order chi connectivity index (χ0) is 13.1. The first-order valence-electron chi connectivity index (χ1n) is 5.79. The third kappa shape index (κ3) is 2.96. The van der Waals surface area contributed by atoms with Gasteiger partial charge in [-0.25, -0.2) is 0 Å². The number of ether oxygens (including phenoxy) is 1. The summed E-state index contributed by atoms with van der Waals surface area (Å²) in [4.78, 5) is 18.1. The molecule has 2 rings (SSSR count). The van der Waals surface area contributed by atoms with Crippen molar-refractivity contribution in [3.8, 4) is 5.75 Å². The molecule has 2 aromatic heterocycles. The summed E-state index contributed by atoms with van der Waals surface area (Å²) in [6, 6.07) is 5.53. The normalized spacial score (nSPS) is 10.7. The van der Waals surface area contributed by atoms with Crippen molar-refractivity contribution in [1.29, 1.82) is 0 Å². The monoisotopic (exact) mass is 261 g/mol. The van der Waals surface area contributed by atoms with E-state index in [1.807, 2.05) is 32.9 Å². The summed E-state index contributed by atoms with van der Waals surface area (Å²) in [5, 5.41) is 0. The summed E-state index contributed by atoms with van der Waals surface area (Å²) in [6.07, 6.45) is 3.27. The molecule has 94 valence electrons. The van der Waals surface area contributed by atoms with Crippen molar-refractivity contribution in [3.05, 3.63) is 45.9 Å². The van der Waals surface area contributed by atoms with Crippen molar-refractivity contribution in [1.82, 2.24) is 4.98 Å². The smallest absolute Gasteiger partial charge is 0.204 e. The maximum Gasteiger partial charge on any atom is 0.204 e. The van der Waals surface area contributed by atoms with E-state index >= 15 is 0 Å². The number of rotatable bonds is 4. The first-order chi connectivity index (χ1) is 8.56. The number of pyridine rings is 1. The Bertz CT molecular complexity index is 560. The maximum atomic E-state index is 12.2. The van der Waals surface area contributed by atoms with Crippen LogP contribution in [0.2, 0.25) is 0 Å². The Morgan fingerprint density at radius 1 is 1.33 bits per heavy atom. The molecule has 0 atom stereocenters. The van der Waals surface area contributed by atoms with Gasteiger partial charge in [-0.2, -0.15) is 0 Å². The molecular formula is C14H15NO2S. The van der Waals surface area contributed by atoms with E-state index in [2.05, 4.69) is 4.98 Å². The van der Waals surface area contributed by atoms with Gasteiger partial charge in [-0.1, -0.05) is 0 Å². The number of thiophene rings is 1. The van der Waals surface area contributed by atoms with Gasteiger partial charge in [-0.3, -0.25) is 9.78 Å². The van der Waals surface area contributed by atoms with E-state index in [0.29, 0.717) is 11.3 Å². The van der Waals surface area contributed by atoms with Crippen LogP contribution < -0.4 is 4.74 Å². The van der Waals surface area contributed by atoms with Crippen molar-refractivity contribution in [2.24, 2.45) is 0 Å². The number of aromatic nitrogens is 1. The molecule has 0 aliphatic carbocycles. The van der Waals surface area contributed by atoms with Crippen molar-refractivity contribution in [3.63, 3.8) is 0 Å². The highest BCUT2D eigenvalue weighted by molar-refractivity contribution is 7.14. The van der Waals surface area contributed by atoms with E-state index in [4.69, 9.17) is 4.74 Å². The van der Waals surface area contributed by atoms with Crippen LogP contribution in [0, 0.1) is 6.92 Å².